The number of pyridine rings is 1. The average Bonchev–Trinajstić information content (AvgIpc) is 3.21. The number of piperazine rings is 1. The van der Waals surface area contributed by atoms with E-state index in [-0.39, 0.29) is 17.9 Å². The Bertz CT molecular complexity index is 1090. The third kappa shape index (κ3) is 4.51. The minimum absolute atomic E-state index is 0.00518. The first-order chi connectivity index (χ1) is 14.6. The first-order valence-electron chi connectivity index (χ1n) is 9.33. The molecule has 2 N–H and O–H groups in total. The van der Waals surface area contributed by atoms with E-state index in [0.717, 1.165) is 0 Å². The Balaban J connectivity index is 1.31. The molecule has 0 aliphatic carbocycles. The summed E-state index contributed by atoms with van der Waals surface area (Å²) in [5, 5.41) is 4.68. The van der Waals surface area contributed by atoms with Gasteiger partial charge in [0.15, 0.2) is 5.13 Å². The second-order valence-electron chi connectivity index (χ2n) is 6.60. The molecule has 1 aliphatic heterocycles. The van der Waals surface area contributed by atoms with Gasteiger partial charge in [-0.05, 0) is 18.2 Å². The van der Waals surface area contributed by atoms with Crippen LogP contribution < -0.4 is 15.8 Å². The number of thiazole rings is 1. The van der Waals surface area contributed by atoms with Crippen LogP contribution in [0, 0.1) is 0 Å². The highest BCUT2D eigenvalue weighted by Gasteiger charge is 2.23. The molecule has 4 heterocycles. The zero-order chi connectivity index (χ0) is 20.9. The van der Waals surface area contributed by atoms with Gasteiger partial charge in [-0.3, -0.25) is 19.7 Å². The van der Waals surface area contributed by atoms with Crippen molar-refractivity contribution in [2.45, 2.75) is 6.42 Å². The lowest BCUT2D eigenvalue weighted by molar-refractivity contribution is -0.130. The fourth-order valence-electron chi connectivity index (χ4n) is 3.09. The molecule has 1 saturated heterocycles. The van der Waals surface area contributed by atoms with E-state index >= 15 is 0 Å². The summed E-state index contributed by atoms with van der Waals surface area (Å²) < 4.78 is 0. The van der Waals surface area contributed by atoms with Crippen molar-refractivity contribution in [3.8, 4) is 0 Å². The predicted octanol–water partition coefficient (Wildman–Crippen LogP) is 0.765. The summed E-state index contributed by atoms with van der Waals surface area (Å²) in [6.07, 6.45) is 5.01. The Labute approximate surface area is 175 Å². The number of hydrogen-bond acceptors (Lipinski definition) is 8. The number of anilines is 2. The molecule has 30 heavy (non-hydrogen) atoms. The van der Waals surface area contributed by atoms with Gasteiger partial charge in [-0.25, -0.2) is 15.0 Å². The topological polar surface area (TPSA) is 124 Å². The van der Waals surface area contributed by atoms with Gasteiger partial charge in [-0.1, -0.05) is 0 Å². The van der Waals surface area contributed by atoms with E-state index in [1.807, 2.05) is 4.90 Å². The molecule has 0 spiro atoms. The van der Waals surface area contributed by atoms with E-state index in [4.69, 9.17) is 0 Å². The number of nitrogens with one attached hydrogen (secondary N) is 2. The molecule has 0 unspecified atom stereocenters. The number of amides is 2. The molecule has 1 fully saturated rings. The molecule has 0 bridgehead atoms. The van der Waals surface area contributed by atoms with Gasteiger partial charge in [-0.15, -0.1) is 11.3 Å². The fraction of sp³-hybridized carbons (Fsp3) is 0.263. The normalized spacial score (nSPS) is 13.9. The van der Waals surface area contributed by atoms with Crippen molar-refractivity contribution in [1.29, 1.82) is 0 Å². The third-order valence-electron chi connectivity index (χ3n) is 4.63. The van der Waals surface area contributed by atoms with Crippen LogP contribution in [0.15, 0.2) is 47.0 Å². The van der Waals surface area contributed by atoms with Crippen molar-refractivity contribution in [3.63, 3.8) is 0 Å². The molecule has 0 atom stereocenters. The Kier molecular flexibility index (Phi) is 5.80. The number of rotatable bonds is 5. The van der Waals surface area contributed by atoms with E-state index in [9.17, 15) is 14.4 Å². The molecule has 0 radical (unpaired) electrons. The summed E-state index contributed by atoms with van der Waals surface area (Å²) >= 11 is 1.21. The fourth-order valence-corrected chi connectivity index (χ4v) is 3.79. The largest absolute Gasteiger partial charge is 0.339 e. The molecular weight excluding hydrogens is 406 g/mol. The highest BCUT2D eigenvalue weighted by molar-refractivity contribution is 7.14. The number of carbonyl (C=O) groups excluding carboxylic acids is 2. The van der Waals surface area contributed by atoms with Gasteiger partial charge in [0, 0.05) is 50.1 Å². The maximum Gasteiger partial charge on any atom is 0.263 e. The van der Waals surface area contributed by atoms with Crippen molar-refractivity contribution in [2.75, 3.05) is 36.4 Å². The molecule has 2 amide bonds. The van der Waals surface area contributed by atoms with E-state index in [2.05, 4.69) is 25.3 Å². The van der Waals surface area contributed by atoms with Crippen LogP contribution in [0.3, 0.4) is 0 Å². The van der Waals surface area contributed by atoms with Gasteiger partial charge in [0.1, 0.15) is 5.56 Å². The summed E-state index contributed by atoms with van der Waals surface area (Å²) in [5.74, 6) is 0.108. The van der Waals surface area contributed by atoms with Crippen LogP contribution in [0.5, 0.6) is 0 Å². The van der Waals surface area contributed by atoms with Gasteiger partial charge < -0.3 is 14.8 Å². The van der Waals surface area contributed by atoms with Crippen molar-refractivity contribution in [3.05, 3.63) is 63.8 Å². The molecule has 11 heteroatoms. The highest BCUT2D eigenvalue weighted by Crippen LogP contribution is 2.18. The minimum atomic E-state index is -0.539. The number of aromatic nitrogens is 4. The Morgan fingerprint density at radius 2 is 1.90 bits per heavy atom. The minimum Gasteiger partial charge on any atom is -0.339 e. The van der Waals surface area contributed by atoms with E-state index in [0.29, 0.717) is 43.0 Å². The molecule has 10 nitrogen and oxygen atoms in total. The third-order valence-corrected chi connectivity index (χ3v) is 5.44. The molecule has 3 aromatic rings. The second-order valence-corrected chi connectivity index (χ2v) is 7.46. The number of H-pyrrole nitrogens is 1. The molecule has 1 aliphatic rings. The average molecular weight is 425 g/mol. The summed E-state index contributed by atoms with van der Waals surface area (Å²) in [4.78, 5) is 55.6. The van der Waals surface area contributed by atoms with Crippen LogP contribution >= 0.6 is 11.3 Å². The van der Waals surface area contributed by atoms with Gasteiger partial charge in [0.05, 0.1) is 12.1 Å². The molecule has 3 aromatic heterocycles. The van der Waals surface area contributed by atoms with Crippen LogP contribution in [-0.4, -0.2) is 62.8 Å². The maximum atomic E-state index is 12.6. The number of aromatic amines is 1. The van der Waals surface area contributed by atoms with Gasteiger partial charge in [0.25, 0.3) is 11.5 Å². The van der Waals surface area contributed by atoms with Crippen molar-refractivity contribution < 1.29 is 9.59 Å². The molecular formula is C19H19N7O3S. The first kappa shape index (κ1) is 19.7. The first-order valence-corrected chi connectivity index (χ1v) is 10.2. The zero-order valence-corrected chi connectivity index (χ0v) is 16.8. The van der Waals surface area contributed by atoms with E-state index in [1.54, 1.807) is 34.8 Å². The lowest BCUT2D eigenvalue weighted by Gasteiger charge is -2.34. The second kappa shape index (κ2) is 8.82. The van der Waals surface area contributed by atoms with Crippen LogP contribution in [0.2, 0.25) is 0 Å². The molecule has 154 valence electrons. The van der Waals surface area contributed by atoms with E-state index < -0.39 is 11.5 Å². The van der Waals surface area contributed by atoms with Gasteiger partial charge in [0.2, 0.25) is 11.9 Å². The predicted molar refractivity (Wildman–Crippen MR) is 112 cm³/mol. The maximum absolute atomic E-state index is 12.6. The lowest BCUT2D eigenvalue weighted by atomic mass is 10.2. The summed E-state index contributed by atoms with van der Waals surface area (Å²) in [5.41, 5.74) is 0.115. The highest BCUT2D eigenvalue weighted by atomic mass is 32.1. The number of nitrogens with zero attached hydrogens (tertiary/aromatic N) is 5. The Morgan fingerprint density at radius 1 is 1.13 bits per heavy atom. The smallest absolute Gasteiger partial charge is 0.263 e. The number of carbonyl (C=O) groups is 2. The lowest BCUT2D eigenvalue weighted by Crippen LogP contribution is -2.49. The van der Waals surface area contributed by atoms with Crippen LogP contribution in [0.25, 0.3) is 0 Å². The molecule has 0 saturated carbocycles. The van der Waals surface area contributed by atoms with Crippen LogP contribution in [-0.2, 0) is 11.2 Å². The van der Waals surface area contributed by atoms with Crippen molar-refractivity contribution >= 4 is 34.2 Å². The van der Waals surface area contributed by atoms with Crippen molar-refractivity contribution in [2.24, 2.45) is 0 Å². The Morgan fingerprint density at radius 3 is 2.63 bits per heavy atom. The molecule has 4 rings (SSSR count). The van der Waals surface area contributed by atoms with Crippen LogP contribution in [0.1, 0.15) is 16.1 Å². The standard InChI is InChI=1S/C19H19N7O3S/c27-15(25-7-9-26(10-8-25)18-21-5-2-6-22-18)11-13-12-30-19(23-13)24-17(29)14-3-1-4-20-16(14)28/h1-6,12H,7-11H2,(H,20,28)(H,23,24,29). The summed E-state index contributed by atoms with van der Waals surface area (Å²) in [6, 6.07) is 4.78. The monoisotopic (exact) mass is 425 g/mol. The van der Waals surface area contributed by atoms with E-state index in [1.165, 1.54) is 23.6 Å². The summed E-state index contributed by atoms with van der Waals surface area (Å²) in [6.45, 7) is 2.50. The SMILES string of the molecule is O=C(Nc1nc(CC(=O)N2CCN(c3ncccn3)CC2)cs1)c1ccc[nH]c1=O. The quantitative estimate of drug-likeness (QED) is 0.618. The zero-order valence-electron chi connectivity index (χ0n) is 15.9. The van der Waals surface area contributed by atoms with Crippen molar-refractivity contribution in [1.82, 2.24) is 24.8 Å². The van der Waals surface area contributed by atoms with Gasteiger partial charge >= 0.3 is 0 Å². The number of hydrogen-bond donors (Lipinski definition) is 2. The van der Waals surface area contributed by atoms with Gasteiger partial charge in [-0.2, -0.15) is 0 Å². The Hall–Kier alpha value is -3.60. The van der Waals surface area contributed by atoms with Crippen LogP contribution in [0.4, 0.5) is 11.1 Å². The summed E-state index contributed by atoms with van der Waals surface area (Å²) in [7, 11) is 0. The molecule has 0 aromatic carbocycles.